The van der Waals surface area contributed by atoms with Crippen molar-refractivity contribution in [2.75, 3.05) is 0 Å². The van der Waals surface area contributed by atoms with Gasteiger partial charge in [-0.25, -0.2) is 0 Å². The number of fused-ring (bicyclic) bond motifs is 1. The van der Waals surface area contributed by atoms with Gasteiger partial charge in [-0.2, -0.15) is 0 Å². The molecular formula is C7H6O2. The largest absolute Gasteiger partial charge is 0.461 e. The zero-order valence-electron chi connectivity index (χ0n) is 4.74. The number of ether oxygens (including phenoxy) is 1. The Labute approximate surface area is 52.8 Å². The number of hydrogen-bond donors (Lipinski definition) is 1. The van der Waals surface area contributed by atoms with Gasteiger partial charge < -0.3 is 9.84 Å². The highest BCUT2D eigenvalue weighted by molar-refractivity contribution is 5.47. The van der Waals surface area contributed by atoms with Crippen LogP contribution in [0.5, 0.6) is 0 Å². The van der Waals surface area contributed by atoms with Crippen LogP contribution < -0.4 is 0 Å². The van der Waals surface area contributed by atoms with E-state index < -0.39 is 6.29 Å². The van der Waals surface area contributed by atoms with Crippen molar-refractivity contribution in [1.82, 2.24) is 0 Å². The quantitative estimate of drug-likeness (QED) is 0.513. The van der Waals surface area contributed by atoms with E-state index in [1.54, 1.807) is 6.08 Å². The predicted molar refractivity (Wildman–Crippen MR) is 32.4 cm³/mol. The van der Waals surface area contributed by atoms with E-state index in [0.29, 0.717) is 0 Å². The lowest BCUT2D eigenvalue weighted by atomic mass is 10.3. The topological polar surface area (TPSA) is 29.5 Å². The normalized spacial score (nSPS) is 29.2. The molecule has 2 rings (SSSR count). The maximum atomic E-state index is 8.86. The molecule has 0 amide bonds. The lowest BCUT2D eigenvalue weighted by molar-refractivity contribution is -0.0102. The average molecular weight is 122 g/mol. The molecule has 2 heteroatoms. The summed E-state index contributed by atoms with van der Waals surface area (Å²) in [6.45, 7) is 0. The molecule has 0 bridgehead atoms. The van der Waals surface area contributed by atoms with Crippen molar-refractivity contribution in [3.05, 3.63) is 35.6 Å². The molecule has 1 N–H and O–H groups in total. The summed E-state index contributed by atoms with van der Waals surface area (Å²) in [7, 11) is 0. The Morgan fingerprint density at radius 1 is 1.56 bits per heavy atom. The van der Waals surface area contributed by atoms with Crippen LogP contribution in [0.25, 0.3) is 0 Å². The molecule has 1 unspecified atom stereocenters. The zero-order valence-corrected chi connectivity index (χ0v) is 4.74. The number of allylic oxidation sites excluding steroid dienone is 3. The molecule has 0 saturated heterocycles. The van der Waals surface area contributed by atoms with Gasteiger partial charge in [-0.3, -0.25) is 0 Å². The molecule has 1 heterocycles. The Kier molecular flexibility index (Phi) is 0.794. The highest BCUT2D eigenvalue weighted by atomic mass is 16.6. The summed E-state index contributed by atoms with van der Waals surface area (Å²) >= 11 is 0. The third-order valence-corrected chi connectivity index (χ3v) is 1.38. The van der Waals surface area contributed by atoms with E-state index >= 15 is 0 Å². The Balaban J connectivity index is 2.40. The lowest BCUT2D eigenvalue weighted by Gasteiger charge is -1.99. The Morgan fingerprint density at radius 2 is 2.44 bits per heavy atom. The van der Waals surface area contributed by atoms with Crippen molar-refractivity contribution in [1.29, 1.82) is 0 Å². The fourth-order valence-corrected chi connectivity index (χ4v) is 0.980. The minimum atomic E-state index is -0.726. The SMILES string of the molecule is OC1C=C2C=CC=C2O1. The molecule has 0 spiro atoms. The molecule has 9 heavy (non-hydrogen) atoms. The summed E-state index contributed by atoms with van der Waals surface area (Å²) in [5.41, 5.74) is 0.988. The zero-order chi connectivity index (χ0) is 6.27. The first-order chi connectivity index (χ1) is 4.36. The van der Waals surface area contributed by atoms with Crippen LogP contribution in [0.4, 0.5) is 0 Å². The first-order valence-corrected chi connectivity index (χ1v) is 2.81. The highest BCUT2D eigenvalue weighted by Crippen LogP contribution is 2.26. The van der Waals surface area contributed by atoms with E-state index in [0.717, 1.165) is 11.3 Å². The number of aliphatic hydroxyl groups excluding tert-OH is 1. The summed E-state index contributed by atoms with van der Waals surface area (Å²) < 4.78 is 4.95. The number of rotatable bonds is 0. The monoisotopic (exact) mass is 122 g/mol. The van der Waals surface area contributed by atoms with Crippen LogP contribution in [0.2, 0.25) is 0 Å². The molecule has 46 valence electrons. The van der Waals surface area contributed by atoms with Crippen LogP contribution >= 0.6 is 0 Å². The summed E-state index contributed by atoms with van der Waals surface area (Å²) in [6.07, 6.45) is 6.59. The molecule has 1 aliphatic carbocycles. The maximum Gasteiger partial charge on any atom is 0.218 e. The summed E-state index contributed by atoms with van der Waals surface area (Å²) in [5, 5.41) is 8.86. The molecule has 0 saturated carbocycles. The molecule has 0 aromatic heterocycles. The van der Waals surface area contributed by atoms with Gasteiger partial charge >= 0.3 is 0 Å². The van der Waals surface area contributed by atoms with Crippen molar-refractivity contribution >= 4 is 0 Å². The first kappa shape index (κ1) is 4.82. The third-order valence-electron chi connectivity index (χ3n) is 1.38. The fraction of sp³-hybridized carbons (Fsp3) is 0.143. The molecule has 0 fully saturated rings. The minimum absolute atomic E-state index is 0.726. The van der Waals surface area contributed by atoms with Gasteiger partial charge in [0.1, 0.15) is 5.76 Å². The van der Waals surface area contributed by atoms with Crippen molar-refractivity contribution < 1.29 is 9.84 Å². The van der Waals surface area contributed by atoms with Crippen LogP contribution in [0.3, 0.4) is 0 Å². The van der Waals surface area contributed by atoms with Crippen LogP contribution in [0, 0.1) is 0 Å². The van der Waals surface area contributed by atoms with E-state index in [1.807, 2.05) is 18.2 Å². The van der Waals surface area contributed by atoms with E-state index in [4.69, 9.17) is 9.84 Å². The van der Waals surface area contributed by atoms with Gasteiger partial charge in [0.2, 0.25) is 6.29 Å². The fourth-order valence-electron chi connectivity index (χ4n) is 0.980. The number of aliphatic hydroxyl groups is 1. The van der Waals surface area contributed by atoms with Crippen molar-refractivity contribution in [2.45, 2.75) is 6.29 Å². The molecule has 1 aliphatic heterocycles. The van der Waals surface area contributed by atoms with E-state index in [2.05, 4.69) is 0 Å². The molecule has 0 aromatic rings. The van der Waals surface area contributed by atoms with Gasteiger partial charge in [-0.15, -0.1) is 0 Å². The number of hydrogen-bond acceptors (Lipinski definition) is 2. The summed E-state index contributed by atoms with van der Waals surface area (Å²) in [5.74, 6) is 0.780. The van der Waals surface area contributed by atoms with Gasteiger partial charge in [0, 0.05) is 5.57 Å². The lowest BCUT2D eigenvalue weighted by Crippen LogP contribution is -1.99. The smallest absolute Gasteiger partial charge is 0.218 e. The summed E-state index contributed by atoms with van der Waals surface area (Å²) in [6, 6.07) is 0. The standard InChI is InChI=1S/C7H6O2/c8-7-4-5-2-1-3-6(5)9-7/h1-4,7-8H. The molecule has 1 atom stereocenters. The van der Waals surface area contributed by atoms with Crippen molar-refractivity contribution in [2.24, 2.45) is 0 Å². The highest BCUT2D eigenvalue weighted by Gasteiger charge is 2.19. The Hall–Kier alpha value is -1.02. The van der Waals surface area contributed by atoms with Gasteiger partial charge in [0.15, 0.2) is 0 Å². The van der Waals surface area contributed by atoms with E-state index in [-0.39, 0.29) is 0 Å². The van der Waals surface area contributed by atoms with Crippen LogP contribution in [0.15, 0.2) is 35.6 Å². The third kappa shape index (κ3) is 0.600. The first-order valence-electron chi connectivity index (χ1n) is 2.81. The average Bonchev–Trinajstić information content (AvgIpc) is 2.22. The minimum Gasteiger partial charge on any atom is -0.461 e. The van der Waals surface area contributed by atoms with Crippen LogP contribution in [0.1, 0.15) is 0 Å². The molecule has 2 aliphatic rings. The predicted octanol–water partition coefficient (Wildman–Crippen LogP) is 0.715. The Bertz CT molecular complexity index is 223. The molecule has 0 aromatic carbocycles. The van der Waals surface area contributed by atoms with Gasteiger partial charge in [-0.1, -0.05) is 12.2 Å². The second-order valence-corrected chi connectivity index (χ2v) is 2.02. The van der Waals surface area contributed by atoms with E-state index in [1.165, 1.54) is 0 Å². The molecule has 2 nitrogen and oxygen atoms in total. The van der Waals surface area contributed by atoms with Crippen LogP contribution in [-0.2, 0) is 4.74 Å². The second-order valence-electron chi connectivity index (χ2n) is 2.02. The van der Waals surface area contributed by atoms with Crippen molar-refractivity contribution in [3.8, 4) is 0 Å². The maximum absolute atomic E-state index is 8.86. The van der Waals surface area contributed by atoms with Crippen molar-refractivity contribution in [3.63, 3.8) is 0 Å². The Morgan fingerprint density at radius 3 is 3.22 bits per heavy atom. The van der Waals surface area contributed by atoms with Gasteiger partial charge in [0.25, 0.3) is 0 Å². The van der Waals surface area contributed by atoms with E-state index in [9.17, 15) is 0 Å². The second kappa shape index (κ2) is 1.48. The van der Waals surface area contributed by atoms with Gasteiger partial charge in [-0.05, 0) is 12.2 Å². The van der Waals surface area contributed by atoms with Gasteiger partial charge in [0.05, 0.1) is 0 Å². The van der Waals surface area contributed by atoms with Crippen LogP contribution in [-0.4, -0.2) is 11.4 Å². The molecule has 0 radical (unpaired) electrons. The summed E-state index contributed by atoms with van der Waals surface area (Å²) in [4.78, 5) is 0. The molecular weight excluding hydrogens is 116 g/mol.